The van der Waals surface area contributed by atoms with Crippen molar-refractivity contribution in [2.45, 2.75) is 0 Å². The van der Waals surface area contributed by atoms with E-state index in [1.807, 2.05) is 0 Å². The zero-order valence-corrected chi connectivity index (χ0v) is 7.53. The highest BCUT2D eigenvalue weighted by molar-refractivity contribution is 5.92. The molecular weight excluding hydrogens is 168 g/mol. The SMILES string of the molecule is Cn1ccc(C(=O)N2CCNC2)n1. The van der Waals surface area contributed by atoms with Gasteiger partial charge in [0.15, 0.2) is 0 Å². The van der Waals surface area contributed by atoms with E-state index in [1.54, 1.807) is 28.9 Å². The Kier molecular flexibility index (Phi) is 2.02. The highest BCUT2D eigenvalue weighted by Crippen LogP contribution is 2.02. The Morgan fingerprint density at radius 3 is 3.08 bits per heavy atom. The molecule has 1 aliphatic heterocycles. The summed E-state index contributed by atoms with van der Waals surface area (Å²) in [5, 5.41) is 7.15. The molecule has 0 unspecified atom stereocenters. The average molecular weight is 180 g/mol. The monoisotopic (exact) mass is 180 g/mol. The summed E-state index contributed by atoms with van der Waals surface area (Å²) in [6.07, 6.45) is 1.77. The number of aromatic nitrogens is 2. The first-order valence-electron chi connectivity index (χ1n) is 4.27. The van der Waals surface area contributed by atoms with Crippen LogP contribution in [0.4, 0.5) is 0 Å². The van der Waals surface area contributed by atoms with Crippen LogP contribution in [0, 0.1) is 0 Å². The molecule has 13 heavy (non-hydrogen) atoms. The van der Waals surface area contributed by atoms with E-state index in [-0.39, 0.29) is 5.91 Å². The molecule has 5 heteroatoms. The standard InChI is InChI=1S/C8H12N4O/c1-11-4-2-7(10-11)8(13)12-5-3-9-6-12/h2,4,9H,3,5-6H2,1H3. The van der Waals surface area contributed by atoms with Crippen molar-refractivity contribution in [1.29, 1.82) is 0 Å². The second-order valence-corrected chi connectivity index (χ2v) is 3.10. The van der Waals surface area contributed by atoms with Gasteiger partial charge in [0.25, 0.3) is 5.91 Å². The van der Waals surface area contributed by atoms with E-state index >= 15 is 0 Å². The van der Waals surface area contributed by atoms with E-state index in [9.17, 15) is 4.79 Å². The minimum Gasteiger partial charge on any atom is -0.323 e. The predicted molar refractivity (Wildman–Crippen MR) is 47.1 cm³/mol. The Labute approximate surface area is 76.3 Å². The fourth-order valence-electron chi connectivity index (χ4n) is 1.37. The van der Waals surface area contributed by atoms with Gasteiger partial charge < -0.3 is 4.90 Å². The maximum absolute atomic E-state index is 11.7. The van der Waals surface area contributed by atoms with Gasteiger partial charge in [-0.3, -0.25) is 14.8 Å². The lowest BCUT2D eigenvalue weighted by atomic mass is 10.4. The second-order valence-electron chi connectivity index (χ2n) is 3.10. The fraction of sp³-hybridized carbons (Fsp3) is 0.500. The number of aryl methyl sites for hydroxylation is 1. The summed E-state index contributed by atoms with van der Waals surface area (Å²) in [7, 11) is 1.80. The van der Waals surface area contributed by atoms with Crippen LogP contribution in [-0.2, 0) is 7.05 Å². The van der Waals surface area contributed by atoms with Crippen molar-refractivity contribution < 1.29 is 4.79 Å². The summed E-state index contributed by atoms with van der Waals surface area (Å²) >= 11 is 0. The molecule has 1 N–H and O–H groups in total. The first-order chi connectivity index (χ1) is 6.27. The zero-order chi connectivity index (χ0) is 9.26. The number of hydrogen-bond acceptors (Lipinski definition) is 3. The van der Waals surface area contributed by atoms with Gasteiger partial charge in [0.05, 0.1) is 6.67 Å². The second kappa shape index (κ2) is 3.18. The summed E-state index contributed by atoms with van der Waals surface area (Å²) in [4.78, 5) is 13.4. The van der Waals surface area contributed by atoms with Crippen LogP contribution >= 0.6 is 0 Å². The number of hydrogen-bond donors (Lipinski definition) is 1. The number of rotatable bonds is 1. The summed E-state index contributed by atoms with van der Waals surface area (Å²) in [6, 6.07) is 1.74. The molecule has 70 valence electrons. The summed E-state index contributed by atoms with van der Waals surface area (Å²) in [5.74, 6) is 0.00519. The van der Waals surface area contributed by atoms with Crippen molar-refractivity contribution >= 4 is 5.91 Å². The molecule has 1 aliphatic rings. The molecule has 1 saturated heterocycles. The Balaban J connectivity index is 2.12. The Morgan fingerprint density at radius 1 is 1.69 bits per heavy atom. The molecule has 0 bridgehead atoms. The first kappa shape index (κ1) is 8.25. The van der Waals surface area contributed by atoms with Crippen LogP contribution in [0.2, 0.25) is 0 Å². The zero-order valence-electron chi connectivity index (χ0n) is 7.53. The van der Waals surface area contributed by atoms with Crippen LogP contribution in [-0.4, -0.2) is 40.3 Å². The average Bonchev–Trinajstić information content (AvgIpc) is 2.72. The third-order valence-corrected chi connectivity index (χ3v) is 2.08. The Morgan fingerprint density at radius 2 is 2.54 bits per heavy atom. The van der Waals surface area contributed by atoms with Crippen LogP contribution in [0.15, 0.2) is 12.3 Å². The highest BCUT2D eigenvalue weighted by atomic mass is 16.2. The van der Waals surface area contributed by atoms with Crippen LogP contribution < -0.4 is 5.32 Å². The lowest BCUT2D eigenvalue weighted by molar-refractivity contribution is 0.0784. The number of carbonyl (C=O) groups is 1. The van der Waals surface area contributed by atoms with Crippen LogP contribution in [0.25, 0.3) is 0 Å². The Bertz CT molecular complexity index is 314. The molecule has 0 saturated carbocycles. The summed E-state index contributed by atoms with van der Waals surface area (Å²) in [6.45, 7) is 2.28. The van der Waals surface area contributed by atoms with Crippen molar-refractivity contribution in [3.8, 4) is 0 Å². The number of nitrogens with zero attached hydrogens (tertiary/aromatic N) is 3. The number of nitrogens with one attached hydrogen (secondary N) is 1. The van der Waals surface area contributed by atoms with Gasteiger partial charge in [0, 0.05) is 26.3 Å². The molecule has 2 rings (SSSR count). The van der Waals surface area contributed by atoms with Crippen molar-refractivity contribution in [3.05, 3.63) is 18.0 Å². The molecule has 0 radical (unpaired) electrons. The lowest BCUT2D eigenvalue weighted by Gasteiger charge is -2.11. The minimum atomic E-state index is 0.00519. The van der Waals surface area contributed by atoms with Gasteiger partial charge in [0.2, 0.25) is 0 Å². The van der Waals surface area contributed by atoms with Gasteiger partial charge in [-0.15, -0.1) is 0 Å². The third kappa shape index (κ3) is 1.55. The van der Waals surface area contributed by atoms with Crippen molar-refractivity contribution in [2.24, 2.45) is 7.05 Å². The molecule has 0 aliphatic carbocycles. The molecule has 0 aromatic carbocycles. The molecule has 1 aromatic rings. The topological polar surface area (TPSA) is 50.2 Å². The minimum absolute atomic E-state index is 0.00519. The smallest absolute Gasteiger partial charge is 0.275 e. The fourth-order valence-corrected chi connectivity index (χ4v) is 1.37. The van der Waals surface area contributed by atoms with Gasteiger partial charge >= 0.3 is 0 Å². The quantitative estimate of drug-likeness (QED) is 0.629. The molecular formula is C8H12N4O. The van der Waals surface area contributed by atoms with E-state index in [1.165, 1.54) is 0 Å². The van der Waals surface area contributed by atoms with Gasteiger partial charge in [-0.2, -0.15) is 5.10 Å². The van der Waals surface area contributed by atoms with Gasteiger partial charge in [-0.1, -0.05) is 0 Å². The van der Waals surface area contributed by atoms with E-state index in [0.717, 1.165) is 13.1 Å². The van der Waals surface area contributed by atoms with Gasteiger partial charge in [-0.25, -0.2) is 0 Å². The van der Waals surface area contributed by atoms with Crippen LogP contribution in [0.5, 0.6) is 0 Å². The molecule has 5 nitrogen and oxygen atoms in total. The van der Waals surface area contributed by atoms with Crippen LogP contribution in [0.3, 0.4) is 0 Å². The van der Waals surface area contributed by atoms with Gasteiger partial charge in [-0.05, 0) is 6.07 Å². The predicted octanol–water partition coefficient (Wildman–Crippen LogP) is -0.577. The maximum Gasteiger partial charge on any atom is 0.275 e. The lowest BCUT2D eigenvalue weighted by Crippen LogP contribution is -2.30. The van der Waals surface area contributed by atoms with E-state index in [4.69, 9.17) is 0 Å². The molecule has 0 spiro atoms. The van der Waals surface area contributed by atoms with E-state index in [0.29, 0.717) is 12.4 Å². The molecule has 1 amide bonds. The van der Waals surface area contributed by atoms with E-state index in [2.05, 4.69) is 10.4 Å². The first-order valence-corrected chi connectivity index (χ1v) is 4.27. The van der Waals surface area contributed by atoms with Crippen molar-refractivity contribution in [1.82, 2.24) is 20.0 Å². The maximum atomic E-state index is 11.7. The highest BCUT2D eigenvalue weighted by Gasteiger charge is 2.20. The molecule has 2 heterocycles. The number of amides is 1. The molecule has 1 aromatic heterocycles. The summed E-state index contributed by atoms with van der Waals surface area (Å²) in [5.41, 5.74) is 0.520. The van der Waals surface area contributed by atoms with Crippen molar-refractivity contribution in [3.63, 3.8) is 0 Å². The van der Waals surface area contributed by atoms with Crippen molar-refractivity contribution in [2.75, 3.05) is 19.8 Å². The van der Waals surface area contributed by atoms with Gasteiger partial charge in [0.1, 0.15) is 5.69 Å². The number of carbonyl (C=O) groups excluding carboxylic acids is 1. The van der Waals surface area contributed by atoms with Crippen LogP contribution in [0.1, 0.15) is 10.5 Å². The largest absolute Gasteiger partial charge is 0.323 e. The normalized spacial score (nSPS) is 16.5. The Hall–Kier alpha value is -1.36. The molecule has 0 atom stereocenters. The third-order valence-electron chi connectivity index (χ3n) is 2.08. The molecule has 1 fully saturated rings. The summed E-state index contributed by atoms with van der Waals surface area (Å²) < 4.78 is 1.64. The van der Waals surface area contributed by atoms with E-state index < -0.39 is 0 Å².